The van der Waals surface area contributed by atoms with E-state index in [0.29, 0.717) is 4.34 Å². The number of thioether (sulfide) groups is 2. The molecule has 31 heavy (non-hydrogen) atoms. The zero-order chi connectivity index (χ0) is 21.5. The summed E-state index contributed by atoms with van der Waals surface area (Å²) in [5.41, 5.74) is 5.82. The summed E-state index contributed by atoms with van der Waals surface area (Å²) in [5, 5.41) is 21.0. The van der Waals surface area contributed by atoms with Gasteiger partial charge in [-0.05, 0) is 0 Å². The number of halogens is 1. The first-order valence-corrected chi connectivity index (χ1v) is 12.2. The number of β-lactam (4-membered cyclic amide) rings is 1. The Morgan fingerprint density at radius 3 is 2.77 bits per heavy atom. The van der Waals surface area contributed by atoms with Crippen molar-refractivity contribution in [2.45, 2.75) is 15.8 Å². The third-order valence-corrected chi connectivity index (χ3v) is 9.07. The summed E-state index contributed by atoms with van der Waals surface area (Å²) in [5.74, 6) is -2.74. The lowest BCUT2D eigenvalue weighted by atomic mass is 9.89. The number of nitrogen functional groups attached to an aromatic ring is 1. The Labute approximate surface area is 198 Å². The minimum atomic E-state index is -1.14. The molecule has 2 amide bonds. The largest absolute Gasteiger partial charge is 0.481 e. The number of ketones is 1. The molecule has 16 heteroatoms. The van der Waals surface area contributed by atoms with Crippen molar-refractivity contribution in [3.8, 4) is 0 Å². The maximum atomic E-state index is 12.6. The molecule has 0 aliphatic carbocycles. The average Bonchev–Trinajstić information content (AvgIpc) is 3.41. The Balaban J connectivity index is 0.00000272. The normalized spacial score (nSPS) is 24.5. The number of carbonyl (C=O) groups is 4. The van der Waals surface area contributed by atoms with Gasteiger partial charge in [-0.2, -0.15) is 0 Å². The average molecular weight is 523 g/mol. The summed E-state index contributed by atoms with van der Waals surface area (Å²) in [6, 6.07) is -0.884. The molecular weight excluding hydrogens is 508 g/mol. The molecule has 4 rings (SSSR count). The van der Waals surface area contributed by atoms with Crippen molar-refractivity contribution in [2.24, 2.45) is 5.41 Å². The number of nitrogens with two attached hydrogens (primary N) is 1. The molecule has 2 saturated heterocycles. The molecule has 3 atom stereocenters. The van der Waals surface area contributed by atoms with E-state index in [-0.39, 0.29) is 41.3 Å². The van der Waals surface area contributed by atoms with Gasteiger partial charge in [0.25, 0.3) is 11.7 Å². The number of carboxylic acid groups (broad SMARTS) is 1. The summed E-state index contributed by atoms with van der Waals surface area (Å²) in [7, 11) is 0. The van der Waals surface area contributed by atoms with Crippen LogP contribution in [0.5, 0.6) is 0 Å². The van der Waals surface area contributed by atoms with Gasteiger partial charge in [0, 0.05) is 23.4 Å². The summed E-state index contributed by atoms with van der Waals surface area (Å²) < 4.78 is 0.656. The Morgan fingerprint density at radius 1 is 1.39 bits per heavy atom. The summed E-state index contributed by atoms with van der Waals surface area (Å²) in [6.07, 6.45) is 0. The molecule has 0 bridgehead atoms. The number of aromatic nitrogens is 3. The molecule has 0 aromatic carbocycles. The first-order chi connectivity index (χ1) is 14.3. The highest BCUT2D eigenvalue weighted by Crippen LogP contribution is 2.44. The number of carbonyl (C=O) groups excluding carboxylic acids is 3. The van der Waals surface area contributed by atoms with E-state index in [1.165, 1.54) is 45.1 Å². The van der Waals surface area contributed by atoms with Crippen LogP contribution in [0.2, 0.25) is 0 Å². The standard InChI is InChI=1S/C15H14N6O5S4.ClH/c16-13-18-6(1-27-13)8(22)9(23)19-7-10(24)21-2-15(12(25)26,3-28-11(7)21)4-29-14-20-17-5-30-14;/h1,5,7,11H,2-4H2,(H2,16,18)(H,19,23)(H,25,26);1H/t7?,11-,15?;/m1./s1. The molecule has 166 valence electrons. The SMILES string of the molecule is Cl.Nc1nc(C(=O)C(=O)NC2C(=O)N3CC(CSc4nncs4)(C(=O)O)CS[C@H]23)cs1. The highest BCUT2D eigenvalue weighted by atomic mass is 35.5. The Kier molecular flexibility index (Phi) is 7.10. The summed E-state index contributed by atoms with van der Waals surface area (Å²) >= 11 is 4.91. The fraction of sp³-hybridized carbons (Fsp3) is 0.400. The second-order valence-corrected chi connectivity index (χ2v) is 10.6. The summed E-state index contributed by atoms with van der Waals surface area (Å²) in [6.45, 7) is 0.0214. The number of carboxylic acids is 1. The molecule has 11 nitrogen and oxygen atoms in total. The topological polar surface area (TPSA) is 168 Å². The predicted octanol–water partition coefficient (Wildman–Crippen LogP) is 0.445. The van der Waals surface area contributed by atoms with Crippen molar-refractivity contribution >= 4 is 87.3 Å². The highest BCUT2D eigenvalue weighted by molar-refractivity contribution is 8.01. The molecule has 2 aromatic rings. The van der Waals surface area contributed by atoms with Crippen LogP contribution in [0, 0.1) is 5.41 Å². The Bertz CT molecular complexity index is 1020. The number of rotatable bonds is 7. The number of nitrogens with one attached hydrogen (secondary N) is 1. The third kappa shape index (κ3) is 4.50. The van der Waals surface area contributed by atoms with Crippen LogP contribution in [0.3, 0.4) is 0 Å². The lowest BCUT2D eigenvalue weighted by molar-refractivity contribution is -0.157. The van der Waals surface area contributed by atoms with Gasteiger partial charge in [0.1, 0.15) is 28.0 Å². The van der Waals surface area contributed by atoms with E-state index in [1.807, 2.05) is 0 Å². The molecule has 4 heterocycles. The van der Waals surface area contributed by atoms with E-state index < -0.39 is 40.4 Å². The number of anilines is 1. The molecule has 2 aromatic heterocycles. The van der Waals surface area contributed by atoms with Crippen molar-refractivity contribution in [3.05, 3.63) is 16.6 Å². The molecule has 0 saturated carbocycles. The molecule has 0 spiro atoms. The van der Waals surface area contributed by atoms with Crippen LogP contribution in [0.4, 0.5) is 5.13 Å². The van der Waals surface area contributed by atoms with Crippen LogP contribution >= 0.6 is 58.6 Å². The van der Waals surface area contributed by atoms with Gasteiger partial charge in [0.2, 0.25) is 5.91 Å². The maximum Gasteiger partial charge on any atom is 0.313 e. The van der Waals surface area contributed by atoms with E-state index in [9.17, 15) is 24.3 Å². The molecule has 2 fully saturated rings. The van der Waals surface area contributed by atoms with Gasteiger partial charge in [0.15, 0.2) is 9.47 Å². The van der Waals surface area contributed by atoms with Gasteiger partial charge in [-0.1, -0.05) is 23.1 Å². The number of hydrogen-bond acceptors (Lipinski definition) is 12. The molecule has 2 aliphatic rings. The number of Topliss-reactive ketones (excluding diaryl/α,β-unsaturated/α-hetero) is 1. The van der Waals surface area contributed by atoms with E-state index in [4.69, 9.17) is 5.73 Å². The van der Waals surface area contributed by atoms with Crippen LogP contribution in [0.1, 0.15) is 10.5 Å². The van der Waals surface area contributed by atoms with Crippen LogP contribution in [0.25, 0.3) is 0 Å². The van der Waals surface area contributed by atoms with Gasteiger partial charge in [0.05, 0.1) is 0 Å². The molecule has 4 N–H and O–H groups in total. The molecule has 0 radical (unpaired) electrons. The van der Waals surface area contributed by atoms with Gasteiger partial charge in [-0.15, -0.1) is 45.7 Å². The van der Waals surface area contributed by atoms with Gasteiger partial charge in [-0.25, -0.2) is 4.98 Å². The second-order valence-electron chi connectivity index (χ2n) is 6.60. The third-order valence-electron chi connectivity index (χ3n) is 4.66. The second kappa shape index (κ2) is 9.28. The van der Waals surface area contributed by atoms with Crippen LogP contribution in [0.15, 0.2) is 15.2 Å². The van der Waals surface area contributed by atoms with Crippen molar-refractivity contribution in [3.63, 3.8) is 0 Å². The fourth-order valence-corrected chi connectivity index (χ4v) is 6.94. The monoisotopic (exact) mass is 522 g/mol. The van der Waals surface area contributed by atoms with Crippen LogP contribution < -0.4 is 11.1 Å². The summed E-state index contributed by atoms with van der Waals surface area (Å²) in [4.78, 5) is 54.1. The predicted molar refractivity (Wildman–Crippen MR) is 119 cm³/mol. The highest BCUT2D eigenvalue weighted by Gasteiger charge is 2.57. The first-order valence-electron chi connectivity index (χ1n) is 8.41. The number of thiazole rings is 1. The minimum absolute atomic E-state index is 0. The number of nitrogens with zero attached hydrogens (tertiary/aromatic N) is 4. The number of aliphatic carboxylic acids is 1. The van der Waals surface area contributed by atoms with Crippen LogP contribution in [-0.2, 0) is 14.4 Å². The molecule has 2 unspecified atom stereocenters. The van der Waals surface area contributed by atoms with Crippen molar-refractivity contribution < 1.29 is 24.3 Å². The molecule has 2 aliphatic heterocycles. The van der Waals surface area contributed by atoms with E-state index in [0.717, 1.165) is 11.3 Å². The van der Waals surface area contributed by atoms with E-state index >= 15 is 0 Å². The zero-order valence-corrected chi connectivity index (χ0v) is 19.5. The lowest BCUT2D eigenvalue weighted by Gasteiger charge is -2.53. The number of hydrogen-bond donors (Lipinski definition) is 3. The van der Waals surface area contributed by atoms with Crippen LogP contribution in [-0.4, -0.2) is 78.2 Å². The quantitative estimate of drug-likeness (QED) is 0.199. The smallest absolute Gasteiger partial charge is 0.313 e. The Morgan fingerprint density at radius 2 is 2.16 bits per heavy atom. The maximum absolute atomic E-state index is 12.6. The molecular formula is C15H15ClN6O5S4. The van der Waals surface area contributed by atoms with E-state index in [1.54, 1.807) is 5.51 Å². The van der Waals surface area contributed by atoms with Crippen molar-refractivity contribution in [1.82, 2.24) is 25.4 Å². The first kappa shape index (κ1) is 23.7. The van der Waals surface area contributed by atoms with E-state index in [2.05, 4.69) is 20.5 Å². The van der Waals surface area contributed by atoms with Crippen molar-refractivity contribution in [2.75, 3.05) is 23.8 Å². The van der Waals surface area contributed by atoms with Gasteiger partial charge in [-0.3, -0.25) is 19.2 Å². The number of fused-ring (bicyclic) bond motifs is 1. The lowest BCUT2D eigenvalue weighted by Crippen LogP contribution is -2.74. The van der Waals surface area contributed by atoms with Gasteiger partial charge < -0.3 is 21.1 Å². The zero-order valence-electron chi connectivity index (χ0n) is 15.4. The fourth-order valence-electron chi connectivity index (χ4n) is 3.05. The van der Waals surface area contributed by atoms with Crippen molar-refractivity contribution in [1.29, 1.82) is 0 Å². The number of amides is 2. The van der Waals surface area contributed by atoms with Gasteiger partial charge >= 0.3 is 5.97 Å². The Hall–Kier alpha value is -1.94. The minimum Gasteiger partial charge on any atom is -0.481 e.